The van der Waals surface area contributed by atoms with Crippen molar-refractivity contribution in [3.63, 3.8) is 0 Å². The standard InChI is InChI=1S/C21H39NO10/c1-13(2)14(3)16(25)12-30-8-7-28-5-6-29-9-10-31-21-18(22-15(4)24)20(27)19(26)17(11-23)32-21/h13-14,17-21,23,26-27H,5-12H2,1-4H3,(H,22,24)/t14?,17-,18-,19+,20-,21-/m1/s1. The molecule has 11 nitrogen and oxygen atoms in total. The number of Topliss-reactive ketones (excluding diaryl/α,β-unsaturated/α-hetero) is 1. The highest BCUT2D eigenvalue weighted by Crippen LogP contribution is 2.22. The topological polar surface area (TPSA) is 153 Å². The number of nitrogens with one attached hydrogen (secondary N) is 1. The van der Waals surface area contributed by atoms with E-state index in [0.29, 0.717) is 26.4 Å². The first-order valence-corrected chi connectivity index (χ1v) is 11.0. The molecule has 1 aliphatic rings. The van der Waals surface area contributed by atoms with Crippen LogP contribution in [0.25, 0.3) is 0 Å². The zero-order valence-corrected chi connectivity index (χ0v) is 19.4. The van der Waals surface area contributed by atoms with Gasteiger partial charge >= 0.3 is 0 Å². The van der Waals surface area contributed by atoms with Crippen LogP contribution in [0.15, 0.2) is 0 Å². The van der Waals surface area contributed by atoms with E-state index in [0.717, 1.165) is 0 Å². The second-order valence-electron chi connectivity index (χ2n) is 8.08. The van der Waals surface area contributed by atoms with Crippen LogP contribution in [-0.4, -0.2) is 111 Å². The van der Waals surface area contributed by atoms with Crippen LogP contribution in [0.2, 0.25) is 0 Å². The third-order valence-corrected chi connectivity index (χ3v) is 5.26. The van der Waals surface area contributed by atoms with Gasteiger partial charge in [0.1, 0.15) is 31.0 Å². The molecule has 1 fully saturated rings. The summed E-state index contributed by atoms with van der Waals surface area (Å²) in [4.78, 5) is 23.2. The van der Waals surface area contributed by atoms with Crippen LogP contribution in [0.1, 0.15) is 27.7 Å². The monoisotopic (exact) mass is 465 g/mol. The fraction of sp³-hybridized carbons (Fsp3) is 0.905. The normalized spacial score (nSPS) is 26.8. The largest absolute Gasteiger partial charge is 0.394 e. The van der Waals surface area contributed by atoms with E-state index >= 15 is 0 Å². The van der Waals surface area contributed by atoms with Crippen LogP contribution in [0, 0.1) is 11.8 Å². The fourth-order valence-electron chi connectivity index (χ4n) is 2.95. The SMILES string of the molecule is CC(=O)N[C@H]1[C@H](OCCOCCOCCOCC(=O)C(C)C(C)C)O[C@H](CO)[C@H](O)[C@@H]1O. The van der Waals surface area contributed by atoms with Gasteiger partial charge in [0, 0.05) is 12.8 Å². The molecule has 6 atom stereocenters. The maximum absolute atomic E-state index is 11.8. The highest BCUT2D eigenvalue weighted by atomic mass is 16.7. The van der Waals surface area contributed by atoms with Crippen molar-refractivity contribution in [1.29, 1.82) is 0 Å². The Kier molecular flexibility index (Phi) is 14.1. The third-order valence-electron chi connectivity index (χ3n) is 5.26. The van der Waals surface area contributed by atoms with Crippen LogP contribution >= 0.6 is 0 Å². The second-order valence-corrected chi connectivity index (χ2v) is 8.08. The lowest BCUT2D eigenvalue weighted by Crippen LogP contribution is -2.64. The average Bonchev–Trinajstić information content (AvgIpc) is 2.75. The Bertz CT molecular complexity index is 547. The van der Waals surface area contributed by atoms with E-state index in [1.54, 1.807) is 0 Å². The minimum Gasteiger partial charge on any atom is -0.394 e. The number of hydrogen-bond donors (Lipinski definition) is 4. The maximum Gasteiger partial charge on any atom is 0.217 e. The molecular formula is C21H39NO10. The van der Waals surface area contributed by atoms with E-state index in [4.69, 9.17) is 23.7 Å². The quantitative estimate of drug-likeness (QED) is 0.206. The second kappa shape index (κ2) is 15.6. The zero-order chi connectivity index (χ0) is 24.1. The van der Waals surface area contributed by atoms with Crippen molar-refractivity contribution >= 4 is 11.7 Å². The van der Waals surface area contributed by atoms with Crippen molar-refractivity contribution in [2.45, 2.75) is 58.3 Å². The number of aliphatic hydroxyl groups is 3. The summed E-state index contributed by atoms with van der Waals surface area (Å²) in [5.74, 6) is -0.0745. The van der Waals surface area contributed by atoms with Gasteiger partial charge in [0.2, 0.25) is 5.91 Å². The molecule has 0 aromatic carbocycles. The van der Waals surface area contributed by atoms with Gasteiger partial charge in [-0.1, -0.05) is 20.8 Å². The summed E-state index contributed by atoms with van der Waals surface area (Å²) in [6.07, 6.45) is -4.78. The van der Waals surface area contributed by atoms with Crippen molar-refractivity contribution in [3.8, 4) is 0 Å². The Morgan fingerprint density at radius 2 is 1.50 bits per heavy atom. The van der Waals surface area contributed by atoms with E-state index in [1.165, 1.54) is 6.92 Å². The van der Waals surface area contributed by atoms with Gasteiger partial charge in [-0.05, 0) is 5.92 Å². The first-order valence-electron chi connectivity index (χ1n) is 11.0. The van der Waals surface area contributed by atoms with E-state index in [-0.39, 0.29) is 37.4 Å². The highest BCUT2D eigenvalue weighted by molar-refractivity contribution is 5.82. The van der Waals surface area contributed by atoms with Crippen LogP contribution in [0.5, 0.6) is 0 Å². The third kappa shape index (κ3) is 10.2. The average molecular weight is 466 g/mol. The van der Waals surface area contributed by atoms with Gasteiger partial charge in [-0.2, -0.15) is 0 Å². The van der Waals surface area contributed by atoms with Crippen LogP contribution in [0.4, 0.5) is 0 Å². The molecule has 1 rings (SSSR count). The zero-order valence-electron chi connectivity index (χ0n) is 19.4. The van der Waals surface area contributed by atoms with E-state index < -0.39 is 43.2 Å². The number of amides is 1. The number of ketones is 1. The van der Waals surface area contributed by atoms with Crippen LogP contribution < -0.4 is 5.32 Å². The molecule has 11 heteroatoms. The molecule has 1 saturated heterocycles. The molecule has 1 unspecified atom stereocenters. The molecule has 0 bridgehead atoms. The van der Waals surface area contributed by atoms with Gasteiger partial charge in [0.25, 0.3) is 0 Å². The number of hydrogen-bond acceptors (Lipinski definition) is 10. The maximum atomic E-state index is 11.8. The smallest absolute Gasteiger partial charge is 0.217 e. The van der Waals surface area contributed by atoms with Gasteiger partial charge in [0.05, 0.1) is 46.2 Å². The number of rotatable bonds is 16. The number of carbonyl (C=O) groups excluding carboxylic acids is 2. The first-order chi connectivity index (χ1) is 15.2. The van der Waals surface area contributed by atoms with Crippen molar-refractivity contribution in [1.82, 2.24) is 5.32 Å². The summed E-state index contributed by atoms with van der Waals surface area (Å²) < 4.78 is 27.1. The van der Waals surface area contributed by atoms with Crippen molar-refractivity contribution in [3.05, 3.63) is 0 Å². The predicted molar refractivity (Wildman–Crippen MR) is 113 cm³/mol. The highest BCUT2D eigenvalue weighted by Gasteiger charge is 2.45. The summed E-state index contributed by atoms with van der Waals surface area (Å²) in [6, 6.07) is -0.982. The van der Waals surface area contributed by atoms with Gasteiger partial charge in [-0.3, -0.25) is 9.59 Å². The number of carbonyl (C=O) groups is 2. The molecule has 0 aromatic rings. The summed E-state index contributed by atoms with van der Waals surface area (Å²) in [7, 11) is 0. The molecule has 0 saturated carbocycles. The summed E-state index contributed by atoms with van der Waals surface area (Å²) >= 11 is 0. The summed E-state index contributed by atoms with van der Waals surface area (Å²) in [5.41, 5.74) is 0. The Morgan fingerprint density at radius 1 is 0.938 bits per heavy atom. The predicted octanol–water partition coefficient (Wildman–Crippen LogP) is -1.14. The van der Waals surface area contributed by atoms with E-state index in [9.17, 15) is 24.9 Å². The van der Waals surface area contributed by atoms with Crippen molar-refractivity contribution in [2.24, 2.45) is 11.8 Å². The van der Waals surface area contributed by atoms with E-state index in [2.05, 4.69) is 5.32 Å². The Hall–Kier alpha value is -1.18. The molecule has 4 N–H and O–H groups in total. The van der Waals surface area contributed by atoms with Crippen molar-refractivity contribution < 1.29 is 48.6 Å². The summed E-state index contributed by atoms with van der Waals surface area (Å²) in [6.45, 7) is 8.37. The lowest BCUT2D eigenvalue weighted by molar-refractivity contribution is -0.272. The molecular weight excluding hydrogens is 426 g/mol. The Balaban J connectivity index is 2.14. The van der Waals surface area contributed by atoms with Gasteiger partial charge < -0.3 is 44.3 Å². The fourth-order valence-corrected chi connectivity index (χ4v) is 2.95. The van der Waals surface area contributed by atoms with Crippen LogP contribution in [0.3, 0.4) is 0 Å². The lowest BCUT2D eigenvalue weighted by atomic mass is 9.94. The molecule has 0 radical (unpaired) electrons. The molecule has 0 spiro atoms. The first kappa shape index (κ1) is 28.9. The van der Waals surface area contributed by atoms with Gasteiger partial charge in [-0.15, -0.1) is 0 Å². The Labute approximate surface area is 189 Å². The molecule has 1 aliphatic heterocycles. The molecule has 32 heavy (non-hydrogen) atoms. The van der Waals surface area contributed by atoms with Crippen LogP contribution in [-0.2, 0) is 33.3 Å². The van der Waals surface area contributed by atoms with Gasteiger partial charge in [-0.25, -0.2) is 0 Å². The molecule has 1 heterocycles. The summed E-state index contributed by atoms with van der Waals surface area (Å²) in [5, 5.41) is 31.9. The Morgan fingerprint density at radius 3 is 2.03 bits per heavy atom. The number of aliphatic hydroxyl groups excluding tert-OH is 3. The minimum absolute atomic E-state index is 0.0260. The lowest BCUT2D eigenvalue weighted by Gasteiger charge is -2.42. The molecule has 0 aromatic heterocycles. The minimum atomic E-state index is -1.36. The molecule has 1 amide bonds. The van der Waals surface area contributed by atoms with Gasteiger partial charge in [0.15, 0.2) is 12.1 Å². The van der Waals surface area contributed by atoms with E-state index in [1.807, 2.05) is 20.8 Å². The molecule has 0 aliphatic carbocycles. The van der Waals surface area contributed by atoms with Crippen molar-refractivity contribution in [2.75, 3.05) is 52.9 Å². The molecule has 188 valence electrons. The number of ether oxygens (including phenoxy) is 5.